The van der Waals surface area contributed by atoms with E-state index in [2.05, 4.69) is 19.9 Å². The Balaban J connectivity index is 0.000000394. The van der Waals surface area contributed by atoms with Crippen molar-refractivity contribution in [1.29, 1.82) is 0 Å². The molecule has 50 heavy (non-hydrogen) atoms. The van der Waals surface area contributed by atoms with Crippen LogP contribution < -0.4 is 20.9 Å². The first-order valence-corrected chi connectivity index (χ1v) is 17.6. The Morgan fingerprint density at radius 2 is 1.28 bits per heavy atom. The summed E-state index contributed by atoms with van der Waals surface area (Å²) in [6, 6.07) is 5.04. The maximum Gasteiger partial charge on any atom is 0.282 e. The lowest BCUT2D eigenvalue weighted by atomic mass is 10.0. The van der Waals surface area contributed by atoms with E-state index in [-0.39, 0.29) is 57.5 Å². The van der Waals surface area contributed by atoms with Crippen LogP contribution in [0.4, 0.5) is 20.4 Å². The number of amides is 1. The largest absolute Gasteiger partial charge is 0.496 e. The SMILES string of the molecule is C.CCSc1ncc(C(=O)N(C)OC)c(N)n1.CCSc1ncc(C(=O)c2cc(F)c(Cl)cc2OC)c(N)n1.COc1cc(Cl)c(F)cc1I. The van der Waals surface area contributed by atoms with Crippen LogP contribution in [0.1, 0.15) is 47.6 Å². The number of nitrogens with two attached hydrogens (primary N) is 2. The topological polar surface area (TPSA) is 169 Å². The second-order valence-electron chi connectivity index (χ2n) is 8.95. The molecule has 0 aliphatic rings. The number of thioether (sulfide) groups is 2. The van der Waals surface area contributed by atoms with Gasteiger partial charge in [0, 0.05) is 31.6 Å². The maximum absolute atomic E-state index is 13.6. The molecule has 0 unspecified atom stereocenters. The van der Waals surface area contributed by atoms with Crippen molar-refractivity contribution < 1.29 is 32.7 Å². The van der Waals surface area contributed by atoms with E-state index in [4.69, 9.17) is 49.0 Å². The second kappa shape index (κ2) is 21.9. The molecule has 0 bridgehead atoms. The average Bonchev–Trinajstić information content (AvgIpc) is 3.07. The molecule has 0 aliphatic heterocycles. The number of ketones is 1. The minimum Gasteiger partial charge on any atom is -0.496 e. The average molecular weight is 887 g/mol. The van der Waals surface area contributed by atoms with Gasteiger partial charge in [0.1, 0.15) is 40.3 Å². The number of hydroxylamine groups is 2. The summed E-state index contributed by atoms with van der Waals surface area (Å²) >= 11 is 16.0. The zero-order valence-corrected chi connectivity index (χ0v) is 32.3. The Morgan fingerprint density at radius 1 is 0.820 bits per heavy atom. The summed E-state index contributed by atoms with van der Waals surface area (Å²) in [4.78, 5) is 45.2. The van der Waals surface area contributed by atoms with E-state index in [9.17, 15) is 18.4 Å². The minimum atomic E-state index is -0.719. The number of ether oxygens (including phenoxy) is 2. The zero-order valence-electron chi connectivity index (χ0n) is 27.0. The lowest BCUT2D eigenvalue weighted by molar-refractivity contribution is -0.0756. The molecule has 272 valence electrons. The molecule has 4 rings (SSSR count). The monoisotopic (exact) mass is 885 g/mol. The van der Waals surface area contributed by atoms with Crippen LogP contribution in [0.5, 0.6) is 11.5 Å². The summed E-state index contributed by atoms with van der Waals surface area (Å²) in [7, 11) is 5.78. The van der Waals surface area contributed by atoms with Gasteiger partial charge in [-0.2, -0.15) is 0 Å². The van der Waals surface area contributed by atoms with Crippen molar-refractivity contribution in [3.8, 4) is 11.5 Å². The van der Waals surface area contributed by atoms with Crippen LogP contribution >= 0.6 is 69.3 Å². The highest BCUT2D eigenvalue weighted by Crippen LogP contribution is 2.30. The van der Waals surface area contributed by atoms with Gasteiger partial charge in [-0.15, -0.1) is 0 Å². The van der Waals surface area contributed by atoms with Gasteiger partial charge in [-0.1, -0.05) is 68.0 Å². The third-order valence-electron chi connectivity index (χ3n) is 5.86. The third kappa shape index (κ3) is 12.5. The number of halogens is 5. The zero-order chi connectivity index (χ0) is 36.8. The summed E-state index contributed by atoms with van der Waals surface area (Å²) in [5.41, 5.74) is 11.8. The van der Waals surface area contributed by atoms with Crippen molar-refractivity contribution in [1.82, 2.24) is 25.0 Å². The van der Waals surface area contributed by atoms with Gasteiger partial charge in [0.2, 0.25) is 5.78 Å². The van der Waals surface area contributed by atoms with Crippen molar-refractivity contribution >= 4 is 92.6 Å². The molecule has 0 fully saturated rings. The number of rotatable bonds is 10. The number of hydrogen-bond acceptors (Lipinski definition) is 13. The van der Waals surface area contributed by atoms with Crippen LogP contribution in [-0.2, 0) is 4.84 Å². The minimum absolute atomic E-state index is 0. The Morgan fingerprint density at radius 3 is 1.72 bits per heavy atom. The van der Waals surface area contributed by atoms with Crippen molar-refractivity contribution in [3.05, 3.63) is 78.6 Å². The normalized spacial score (nSPS) is 10.1. The first-order valence-electron chi connectivity index (χ1n) is 13.8. The summed E-state index contributed by atoms with van der Waals surface area (Å²) in [5, 5.41) is 2.07. The van der Waals surface area contributed by atoms with E-state index in [0.29, 0.717) is 19.6 Å². The van der Waals surface area contributed by atoms with Gasteiger partial charge >= 0.3 is 0 Å². The Hall–Kier alpha value is -3.23. The standard InChI is InChI=1S/C14H13ClFN3O2S.C9H14N4O2S.C7H5ClFIO.CH4/c1-3-22-14-18-6-8(13(17)19-14)12(20)7-4-10(16)9(15)5-11(7)21-2;1-4-16-9-11-5-6(7(10)12-9)8(14)13(2)15-3;1-11-7-2-4(8)5(9)3-6(7)10;/h4-6H,3H2,1-2H3,(H2,17,18,19);5H,4H2,1-3H3,(H2,10,11,12);2-3H,1H3;1H4. The van der Waals surface area contributed by atoms with Crippen LogP contribution in [0.3, 0.4) is 0 Å². The number of carbonyl (C=O) groups is 2. The summed E-state index contributed by atoms with van der Waals surface area (Å²) < 4.78 is 37.0. The summed E-state index contributed by atoms with van der Waals surface area (Å²) in [6.45, 7) is 3.94. The quantitative estimate of drug-likeness (QED) is 0.0397. The molecule has 1 amide bonds. The fourth-order valence-corrected chi connectivity index (χ4v) is 5.48. The Kier molecular flexibility index (Phi) is 19.6. The van der Waals surface area contributed by atoms with E-state index in [1.165, 1.54) is 82.5 Å². The van der Waals surface area contributed by atoms with Crippen LogP contribution in [0, 0.1) is 15.2 Å². The Bertz CT molecular complexity index is 1780. The lowest BCUT2D eigenvalue weighted by Crippen LogP contribution is -2.26. The number of benzene rings is 2. The molecule has 2 aromatic carbocycles. The smallest absolute Gasteiger partial charge is 0.282 e. The molecular formula is C31H36Cl2F2IN7O5S2. The highest BCUT2D eigenvalue weighted by Gasteiger charge is 2.21. The third-order valence-corrected chi connectivity index (χ3v) is 8.77. The van der Waals surface area contributed by atoms with Crippen LogP contribution in [0.2, 0.25) is 10.0 Å². The molecule has 0 saturated carbocycles. The number of anilines is 2. The predicted molar refractivity (Wildman–Crippen MR) is 204 cm³/mol. The number of aromatic nitrogens is 4. The highest BCUT2D eigenvalue weighted by atomic mass is 127. The first kappa shape index (κ1) is 44.8. The van der Waals surface area contributed by atoms with Gasteiger partial charge in [0.05, 0.1) is 46.1 Å². The van der Waals surface area contributed by atoms with E-state index in [1.54, 1.807) is 0 Å². The Labute approximate surface area is 321 Å². The molecule has 19 heteroatoms. The fraction of sp³-hybridized carbons (Fsp3) is 0.290. The number of hydrogen-bond donors (Lipinski definition) is 2. The fourth-order valence-electron chi connectivity index (χ4n) is 3.43. The molecule has 2 aromatic heterocycles. The van der Waals surface area contributed by atoms with Crippen LogP contribution in [-0.4, -0.2) is 76.6 Å². The second-order valence-corrected chi connectivity index (χ2v) is 13.4. The van der Waals surface area contributed by atoms with Gasteiger partial charge < -0.3 is 20.9 Å². The van der Waals surface area contributed by atoms with E-state index < -0.39 is 17.4 Å². The van der Waals surface area contributed by atoms with E-state index in [1.807, 2.05) is 36.4 Å². The molecule has 0 atom stereocenters. The van der Waals surface area contributed by atoms with E-state index >= 15 is 0 Å². The molecule has 4 N–H and O–H groups in total. The van der Waals surface area contributed by atoms with Crippen LogP contribution in [0.25, 0.3) is 0 Å². The molecule has 2 heterocycles. The maximum atomic E-state index is 13.6. The van der Waals surface area contributed by atoms with Gasteiger partial charge in [-0.3, -0.25) is 14.4 Å². The van der Waals surface area contributed by atoms with Crippen molar-refractivity contribution in [2.24, 2.45) is 0 Å². The molecule has 12 nitrogen and oxygen atoms in total. The van der Waals surface area contributed by atoms with Crippen molar-refractivity contribution in [2.45, 2.75) is 31.6 Å². The number of nitrogen functional groups attached to an aromatic ring is 2. The molecule has 0 radical (unpaired) electrons. The molecule has 0 spiro atoms. The molecular weight excluding hydrogens is 850 g/mol. The van der Waals surface area contributed by atoms with E-state index in [0.717, 1.165) is 22.6 Å². The molecule has 0 aliphatic carbocycles. The summed E-state index contributed by atoms with van der Waals surface area (Å²) in [5.74, 6) is 0.549. The highest BCUT2D eigenvalue weighted by molar-refractivity contribution is 14.1. The van der Waals surface area contributed by atoms with Crippen LogP contribution in [0.15, 0.2) is 47.0 Å². The van der Waals surface area contributed by atoms with Crippen molar-refractivity contribution in [2.75, 3.05) is 51.4 Å². The first-order chi connectivity index (χ1) is 23.2. The molecule has 4 aromatic rings. The number of methoxy groups -OCH3 is 2. The lowest BCUT2D eigenvalue weighted by Gasteiger charge is -2.14. The number of carbonyl (C=O) groups excluding carboxylic acids is 2. The summed E-state index contributed by atoms with van der Waals surface area (Å²) in [6.07, 6.45) is 2.74. The number of nitrogens with zero attached hydrogens (tertiary/aromatic N) is 5. The van der Waals surface area contributed by atoms with Gasteiger partial charge in [-0.05, 0) is 46.2 Å². The van der Waals surface area contributed by atoms with Gasteiger partial charge in [-0.25, -0.2) is 33.8 Å². The molecule has 0 saturated heterocycles. The van der Waals surface area contributed by atoms with Gasteiger partial charge in [0.25, 0.3) is 5.91 Å². The predicted octanol–water partition coefficient (Wildman–Crippen LogP) is 7.74. The van der Waals surface area contributed by atoms with Gasteiger partial charge in [0.15, 0.2) is 10.3 Å². The van der Waals surface area contributed by atoms with Crippen molar-refractivity contribution in [3.63, 3.8) is 0 Å².